The van der Waals surface area contributed by atoms with Crippen LogP contribution in [0.5, 0.6) is 0 Å². The van der Waals surface area contributed by atoms with Gasteiger partial charge in [0.1, 0.15) is 0 Å². The zero-order chi connectivity index (χ0) is 20.3. The van der Waals surface area contributed by atoms with Crippen LogP contribution in [0, 0.1) is 11.3 Å². The minimum absolute atomic E-state index is 0.180. The van der Waals surface area contributed by atoms with Crippen LogP contribution in [0.25, 0.3) is 0 Å². The van der Waals surface area contributed by atoms with Crippen molar-refractivity contribution in [1.82, 2.24) is 4.90 Å². The number of carbonyl (C=O) groups is 3. The molecule has 0 N–H and O–H groups in total. The standard InChI is InChI=1S/C22H21N3O3/c1-3-24(15(2)17-9-7-16(14-23)8-10-17)22(28)18-5-4-6-19(13-18)25-20(26)11-12-21(25)27/h4-10,13,15H,3,11-12H2,1-2H3. The van der Waals surface area contributed by atoms with Gasteiger partial charge in [-0.05, 0) is 49.7 Å². The van der Waals surface area contributed by atoms with Gasteiger partial charge < -0.3 is 4.90 Å². The van der Waals surface area contributed by atoms with E-state index < -0.39 is 0 Å². The van der Waals surface area contributed by atoms with Crippen molar-refractivity contribution in [3.63, 3.8) is 0 Å². The summed E-state index contributed by atoms with van der Waals surface area (Å²) in [5.74, 6) is -0.666. The molecule has 3 amide bonds. The minimum Gasteiger partial charge on any atom is -0.332 e. The predicted octanol–water partition coefficient (Wildman–Crippen LogP) is 3.43. The smallest absolute Gasteiger partial charge is 0.254 e. The van der Waals surface area contributed by atoms with Crippen molar-refractivity contribution in [3.8, 4) is 6.07 Å². The lowest BCUT2D eigenvalue weighted by Crippen LogP contribution is -2.34. The first-order valence-electron chi connectivity index (χ1n) is 9.23. The van der Waals surface area contributed by atoms with Crippen molar-refractivity contribution in [2.24, 2.45) is 0 Å². The van der Waals surface area contributed by atoms with Gasteiger partial charge in [0.2, 0.25) is 11.8 Å². The van der Waals surface area contributed by atoms with Crippen LogP contribution in [0.15, 0.2) is 48.5 Å². The van der Waals surface area contributed by atoms with Crippen molar-refractivity contribution in [2.75, 3.05) is 11.4 Å². The quantitative estimate of drug-likeness (QED) is 0.750. The molecule has 1 heterocycles. The summed E-state index contributed by atoms with van der Waals surface area (Å²) in [7, 11) is 0. The monoisotopic (exact) mass is 375 g/mol. The lowest BCUT2D eigenvalue weighted by molar-refractivity contribution is -0.121. The minimum atomic E-state index is -0.243. The summed E-state index contributed by atoms with van der Waals surface area (Å²) in [6, 6.07) is 15.7. The second-order valence-corrected chi connectivity index (χ2v) is 6.67. The summed E-state index contributed by atoms with van der Waals surface area (Å²) >= 11 is 0. The first-order valence-corrected chi connectivity index (χ1v) is 9.23. The summed E-state index contributed by atoms with van der Waals surface area (Å²) in [6.07, 6.45) is 0.404. The van der Waals surface area contributed by atoms with Gasteiger partial charge in [-0.1, -0.05) is 18.2 Å². The molecule has 3 rings (SSSR count). The van der Waals surface area contributed by atoms with Gasteiger partial charge in [0, 0.05) is 24.9 Å². The first-order chi connectivity index (χ1) is 13.5. The maximum absolute atomic E-state index is 13.1. The number of imide groups is 1. The summed E-state index contributed by atoms with van der Waals surface area (Å²) < 4.78 is 0. The molecule has 0 bridgehead atoms. The molecule has 1 fully saturated rings. The molecule has 0 aliphatic carbocycles. The second-order valence-electron chi connectivity index (χ2n) is 6.67. The normalized spacial score (nSPS) is 14.7. The van der Waals surface area contributed by atoms with Gasteiger partial charge in [-0.3, -0.25) is 19.3 Å². The summed E-state index contributed by atoms with van der Waals surface area (Å²) in [4.78, 5) is 40.0. The summed E-state index contributed by atoms with van der Waals surface area (Å²) in [6.45, 7) is 4.32. The Labute approximate surface area is 164 Å². The zero-order valence-corrected chi connectivity index (χ0v) is 15.9. The fourth-order valence-corrected chi connectivity index (χ4v) is 3.42. The number of nitriles is 1. The highest BCUT2D eigenvalue weighted by Crippen LogP contribution is 2.26. The Bertz CT molecular complexity index is 944. The van der Waals surface area contributed by atoms with E-state index in [0.717, 1.165) is 10.5 Å². The number of rotatable bonds is 5. The molecular formula is C22H21N3O3. The van der Waals surface area contributed by atoms with E-state index in [1.165, 1.54) is 0 Å². The van der Waals surface area contributed by atoms with E-state index in [2.05, 4.69) is 6.07 Å². The van der Waals surface area contributed by atoms with Gasteiger partial charge in [0.05, 0.1) is 23.4 Å². The molecule has 1 atom stereocenters. The Hall–Kier alpha value is -3.46. The van der Waals surface area contributed by atoms with E-state index in [0.29, 0.717) is 23.4 Å². The van der Waals surface area contributed by atoms with Gasteiger partial charge in [-0.15, -0.1) is 0 Å². The SMILES string of the molecule is CCN(C(=O)c1cccc(N2C(=O)CCC2=O)c1)C(C)c1ccc(C#N)cc1. The molecule has 1 saturated heterocycles. The Morgan fingerprint density at radius 3 is 2.36 bits per heavy atom. The molecule has 1 aliphatic rings. The molecule has 6 heteroatoms. The lowest BCUT2D eigenvalue weighted by Gasteiger charge is -2.29. The third-order valence-electron chi connectivity index (χ3n) is 4.99. The fraction of sp³-hybridized carbons (Fsp3) is 0.273. The number of hydrogen-bond donors (Lipinski definition) is 0. The molecule has 0 saturated carbocycles. The molecule has 6 nitrogen and oxygen atoms in total. The summed E-state index contributed by atoms with van der Waals surface area (Å²) in [5.41, 5.74) is 2.35. The maximum atomic E-state index is 13.1. The molecule has 28 heavy (non-hydrogen) atoms. The molecule has 0 radical (unpaired) electrons. The maximum Gasteiger partial charge on any atom is 0.254 e. The Morgan fingerprint density at radius 1 is 1.14 bits per heavy atom. The number of benzene rings is 2. The average Bonchev–Trinajstić information content (AvgIpc) is 3.06. The van der Waals surface area contributed by atoms with Gasteiger partial charge in [-0.2, -0.15) is 5.26 Å². The second kappa shape index (κ2) is 8.05. The van der Waals surface area contributed by atoms with Gasteiger partial charge in [0.15, 0.2) is 0 Å². The topological polar surface area (TPSA) is 81.5 Å². The van der Waals surface area contributed by atoms with Crippen molar-refractivity contribution in [1.29, 1.82) is 5.26 Å². The Morgan fingerprint density at radius 2 is 1.79 bits per heavy atom. The van der Waals surface area contributed by atoms with E-state index in [4.69, 9.17) is 5.26 Å². The van der Waals surface area contributed by atoms with Crippen LogP contribution in [0.4, 0.5) is 5.69 Å². The Balaban J connectivity index is 1.86. The van der Waals surface area contributed by atoms with E-state index in [1.807, 2.05) is 26.0 Å². The van der Waals surface area contributed by atoms with Crippen LogP contribution in [0.1, 0.15) is 54.2 Å². The van der Waals surface area contributed by atoms with Crippen LogP contribution in [-0.4, -0.2) is 29.2 Å². The number of anilines is 1. The van der Waals surface area contributed by atoms with E-state index in [-0.39, 0.29) is 36.6 Å². The highest BCUT2D eigenvalue weighted by molar-refractivity contribution is 6.20. The largest absolute Gasteiger partial charge is 0.332 e. The number of amides is 3. The third-order valence-corrected chi connectivity index (χ3v) is 4.99. The van der Waals surface area contributed by atoms with Crippen molar-refractivity contribution < 1.29 is 14.4 Å². The van der Waals surface area contributed by atoms with Crippen LogP contribution < -0.4 is 4.90 Å². The highest BCUT2D eigenvalue weighted by atomic mass is 16.2. The van der Waals surface area contributed by atoms with Crippen LogP contribution in [-0.2, 0) is 9.59 Å². The number of hydrogen-bond acceptors (Lipinski definition) is 4. The molecule has 2 aromatic carbocycles. The molecule has 2 aromatic rings. The van der Waals surface area contributed by atoms with E-state index in [1.54, 1.807) is 41.3 Å². The highest BCUT2D eigenvalue weighted by Gasteiger charge is 2.31. The zero-order valence-electron chi connectivity index (χ0n) is 15.9. The van der Waals surface area contributed by atoms with Crippen LogP contribution in [0.3, 0.4) is 0 Å². The average molecular weight is 375 g/mol. The molecule has 1 unspecified atom stereocenters. The van der Waals surface area contributed by atoms with Gasteiger partial charge in [0.25, 0.3) is 5.91 Å². The molecule has 0 spiro atoms. The summed E-state index contributed by atoms with van der Waals surface area (Å²) in [5, 5.41) is 8.95. The third kappa shape index (κ3) is 3.65. The van der Waals surface area contributed by atoms with E-state index >= 15 is 0 Å². The lowest BCUT2D eigenvalue weighted by atomic mass is 10.0. The Kier molecular flexibility index (Phi) is 5.55. The van der Waals surface area contributed by atoms with Gasteiger partial charge >= 0.3 is 0 Å². The van der Waals surface area contributed by atoms with Gasteiger partial charge in [-0.25, -0.2) is 0 Å². The predicted molar refractivity (Wildman–Crippen MR) is 104 cm³/mol. The molecule has 142 valence electrons. The van der Waals surface area contributed by atoms with Crippen LogP contribution >= 0.6 is 0 Å². The van der Waals surface area contributed by atoms with E-state index in [9.17, 15) is 14.4 Å². The van der Waals surface area contributed by atoms with Crippen molar-refractivity contribution in [3.05, 3.63) is 65.2 Å². The molecule has 0 aromatic heterocycles. The first kappa shape index (κ1) is 19.3. The number of carbonyl (C=O) groups excluding carboxylic acids is 3. The molecular weight excluding hydrogens is 354 g/mol. The van der Waals surface area contributed by atoms with Crippen molar-refractivity contribution >= 4 is 23.4 Å². The van der Waals surface area contributed by atoms with Crippen LogP contribution in [0.2, 0.25) is 0 Å². The number of nitrogens with zero attached hydrogens (tertiary/aromatic N) is 3. The fourth-order valence-electron chi connectivity index (χ4n) is 3.42. The molecule has 1 aliphatic heterocycles. The van der Waals surface area contributed by atoms with Crippen molar-refractivity contribution in [2.45, 2.75) is 32.7 Å².